The third-order valence-corrected chi connectivity index (χ3v) is 6.41. The molecule has 0 amide bonds. The highest BCUT2D eigenvalue weighted by molar-refractivity contribution is 6.09. The van der Waals surface area contributed by atoms with Gasteiger partial charge in [-0.15, -0.1) is 0 Å². The zero-order valence-corrected chi connectivity index (χ0v) is 18.2. The Kier molecular flexibility index (Phi) is 4.53. The van der Waals surface area contributed by atoms with Crippen molar-refractivity contribution in [2.45, 2.75) is 26.2 Å². The molecule has 0 bridgehead atoms. The third-order valence-electron chi connectivity index (χ3n) is 6.41. The van der Waals surface area contributed by atoms with Gasteiger partial charge in [-0.05, 0) is 48.7 Å². The molecule has 0 spiro atoms. The largest absolute Gasteiger partial charge is 0.307 e. The van der Waals surface area contributed by atoms with E-state index in [0.29, 0.717) is 0 Å². The average Bonchev–Trinajstić information content (AvgIpc) is 3.42. The number of nitrogens with zero attached hydrogens (tertiary/aromatic N) is 3. The quantitative estimate of drug-likeness (QED) is 0.286. The standard InChI is InChI=1S/C29H25N3/c1-2-3-11-21-12-10-19-28(31-20-30-24-15-6-9-18-27(24)31)29(21)32-25-16-7-4-13-22(25)23-14-5-8-17-26(23)32/h4-10,12-20H,2-3,11H2,1H3. The van der Waals surface area contributed by atoms with Crippen LogP contribution in [0, 0.1) is 0 Å². The molecule has 0 aliphatic heterocycles. The maximum atomic E-state index is 4.69. The molecule has 0 aliphatic carbocycles. The van der Waals surface area contributed by atoms with Gasteiger partial charge in [-0.3, -0.25) is 4.57 Å². The summed E-state index contributed by atoms with van der Waals surface area (Å²) in [6, 6.07) is 32.5. The summed E-state index contributed by atoms with van der Waals surface area (Å²) in [7, 11) is 0. The van der Waals surface area contributed by atoms with E-state index < -0.39 is 0 Å². The van der Waals surface area contributed by atoms with Crippen LogP contribution >= 0.6 is 0 Å². The molecule has 3 nitrogen and oxygen atoms in total. The van der Waals surface area contributed by atoms with E-state index in [4.69, 9.17) is 0 Å². The summed E-state index contributed by atoms with van der Waals surface area (Å²) in [5.74, 6) is 0. The van der Waals surface area contributed by atoms with Crippen LogP contribution in [0.25, 0.3) is 44.2 Å². The molecule has 2 heterocycles. The van der Waals surface area contributed by atoms with Crippen molar-refractivity contribution >= 4 is 32.8 Å². The second kappa shape index (κ2) is 7.69. The normalized spacial score (nSPS) is 11.7. The summed E-state index contributed by atoms with van der Waals surface area (Å²) in [6.07, 6.45) is 5.34. The van der Waals surface area contributed by atoms with Crippen LogP contribution in [-0.2, 0) is 6.42 Å². The van der Waals surface area contributed by atoms with Crippen molar-refractivity contribution in [1.82, 2.24) is 14.1 Å². The van der Waals surface area contributed by atoms with E-state index in [2.05, 4.69) is 106 Å². The number of fused-ring (bicyclic) bond motifs is 4. The Morgan fingerprint density at radius 2 is 1.34 bits per heavy atom. The van der Waals surface area contributed by atoms with E-state index in [-0.39, 0.29) is 0 Å². The van der Waals surface area contributed by atoms with E-state index in [1.807, 2.05) is 12.4 Å². The van der Waals surface area contributed by atoms with Crippen LogP contribution < -0.4 is 0 Å². The second-order valence-electron chi connectivity index (χ2n) is 8.36. The molecule has 0 saturated carbocycles. The predicted molar refractivity (Wildman–Crippen MR) is 134 cm³/mol. The number of aromatic nitrogens is 3. The van der Waals surface area contributed by atoms with Gasteiger partial charge in [-0.25, -0.2) is 4.98 Å². The Bertz CT molecular complexity index is 1510. The second-order valence-corrected chi connectivity index (χ2v) is 8.36. The molecule has 6 rings (SSSR count). The molecule has 0 saturated heterocycles. The molecule has 3 heteroatoms. The number of hydrogen-bond acceptors (Lipinski definition) is 1. The Morgan fingerprint density at radius 3 is 2.06 bits per heavy atom. The summed E-state index contributed by atoms with van der Waals surface area (Å²) >= 11 is 0. The first-order chi connectivity index (χ1) is 15.9. The molecule has 0 N–H and O–H groups in total. The van der Waals surface area contributed by atoms with Crippen molar-refractivity contribution in [3.8, 4) is 11.4 Å². The third kappa shape index (κ3) is 2.85. The van der Waals surface area contributed by atoms with E-state index >= 15 is 0 Å². The molecule has 2 aromatic heterocycles. The summed E-state index contributed by atoms with van der Waals surface area (Å²) < 4.78 is 4.70. The zero-order valence-electron chi connectivity index (χ0n) is 18.2. The van der Waals surface area contributed by atoms with E-state index in [1.54, 1.807) is 0 Å². The first-order valence-electron chi connectivity index (χ1n) is 11.4. The fraction of sp³-hybridized carbons (Fsp3) is 0.138. The fourth-order valence-electron chi connectivity index (χ4n) is 4.91. The first kappa shape index (κ1) is 18.9. The Labute approximate surface area is 187 Å². The molecule has 6 aromatic rings. The van der Waals surface area contributed by atoms with Crippen molar-refractivity contribution in [2.24, 2.45) is 0 Å². The maximum Gasteiger partial charge on any atom is 0.100 e. The van der Waals surface area contributed by atoms with Gasteiger partial charge in [0.05, 0.1) is 33.4 Å². The lowest BCUT2D eigenvalue weighted by Crippen LogP contribution is -2.06. The summed E-state index contributed by atoms with van der Waals surface area (Å²) in [5.41, 5.74) is 8.40. The molecule has 156 valence electrons. The molecule has 0 aliphatic rings. The van der Waals surface area contributed by atoms with E-state index in [0.717, 1.165) is 23.9 Å². The molecule has 32 heavy (non-hydrogen) atoms. The van der Waals surface area contributed by atoms with Crippen LogP contribution in [-0.4, -0.2) is 14.1 Å². The highest BCUT2D eigenvalue weighted by Crippen LogP contribution is 2.36. The van der Waals surface area contributed by atoms with Crippen LogP contribution in [0.5, 0.6) is 0 Å². The molecule has 4 aromatic carbocycles. The van der Waals surface area contributed by atoms with Gasteiger partial charge in [0.25, 0.3) is 0 Å². The van der Waals surface area contributed by atoms with Crippen LogP contribution in [0.15, 0.2) is 97.3 Å². The van der Waals surface area contributed by atoms with Crippen LogP contribution in [0.4, 0.5) is 0 Å². The smallest absolute Gasteiger partial charge is 0.100 e. The number of para-hydroxylation sites is 5. The SMILES string of the molecule is CCCCc1cccc(-n2cnc3ccccc32)c1-n1c2ccccc2c2ccccc21. The maximum absolute atomic E-state index is 4.69. The van der Waals surface area contributed by atoms with Crippen molar-refractivity contribution in [1.29, 1.82) is 0 Å². The molecule has 0 fully saturated rings. The number of imidazole rings is 1. The van der Waals surface area contributed by atoms with Gasteiger partial charge >= 0.3 is 0 Å². The molecule has 0 atom stereocenters. The minimum atomic E-state index is 1.01. The highest BCUT2D eigenvalue weighted by atomic mass is 15.1. The molecular formula is C29H25N3. The van der Waals surface area contributed by atoms with Crippen molar-refractivity contribution in [2.75, 3.05) is 0 Å². The lowest BCUT2D eigenvalue weighted by atomic mass is 10.0. The average molecular weight is 416 g/mol. The van der Waals surface area contributed by atoms with Gasteiger partial charge < -0.3 is 4.57 Å². The van der Waals surface area contributed by atoms with E-state index in [1.165, 1.54) is 45.2 Å². The van der Waals surface area contributed by atoms with Crippen LogP contribution in [0.3, 0.4) is 0 Å². The lowest BCUT2D eigenvalue weighted by Gasteiger charge is -2.19. The fourth-order valence-corrected chi connectivity index (χ4v) is 4.91. The number of unbranched alkanes of at least 4 members (excludes halogenated alkanes) is 1. The summed E-state index contributed by atoms with van der Waals surface area (Å²) in [6.45, 7) is 2.26. The summed E-state index contributed by atoms with van der Waals surface area (Å²) in [4.78, 5) is 4.69. The van der Waals surface area contributed by atoms with Gasteiger partial charge in [-0.2, -0.15) is 0 Å². The van der Waals surface area contributed by atoms with Crippen molar-refractivity contribution in [3.63, 3.8) is 0 Å². The Balaban J connectivity index is 1.74. The van der Waals surface area contributed by atoms with Crippen LogP contribution in [0.2, 0.25) is 0 Å². The Morgan fingerprint density at radius 1 is 0.688 bits per heavy atom. The van der Waals surface area contributed by atoms with Gasteiger partial charge in [-0.1, -0.05) is 74.0 Å². The number of aryl methyl sites for hydroxylation is 1. The summed E-state index contributed by atoms with van der Waals surface area (Å²) in [5, 5.41) is 2.57. The van der Waals surface area contributed by atoms with Gasteiger partial charge in [0.1, 0.15) is 6.33 Å². The Hall–Kier alpha value is -3.85. The zero-order chi connectivity index (χ0) is 21.5. The monoisotopic (exact) mass is 415 g/mol. The molecule has 0 unspecified atom stereocenters. The minimum absolute atomic E-state index is 1.01. The van der Waals surface area contributed by atoms with Crippen LogP contribution in [0.1, 0.15) is 25.3 Å². The number of rotatable bonds is 5. The lowest BCUT2D eigenvalue weighted by molar-refractivity contribution is 0.789. The molecule has 0 radical (unpaired) electrons. The van der Waals surface area contributed by atoms with Gasteiger partial charge in [0.15, 0.2) is 0 Å². The highest BCUT2D eigenvalue weighted by Gasteiger charge is 2.19. The minimum Gasteiger partial charge on any atom is -0.307 e. The first-order valence-corrected chi connectivity index (χ1v) is 11.4. The van der Waals surface area contributed by atoms with Gasteiger partial charge in [0, 0.05) is 10.8 Å². The topological polar surface area (TPSA) is 22.8 Å². The van der Waals surface area contributed by atoms with Crippen molar-refractivity contribution in [3.05, 3.63) is 103 Å². The molecular weight excluding hydrogens is 390 g/mol. The van der Waals surface area contributed by atoms with E-state index in [9.17, 15) is 0 Å². The predicted octanol–water partition coefficient (Wildman–Crippen LogP) is 7.47. The van der Waals surface area contributed by atoms with Gasteiger partial charge in [0.2, 0.25) is 0 Å². The van der Waals surface area contributed by atoms with Crippen molar-refractivity contribution < 1.29 is 0 Å². The number of benzene rings is 4. The number of hydrogen-bond donors (Lipinski definition) is 0.